The number of ether oxygens (including phenoxy) is 2. The van der Waals surface area contributed by atoms with E-state index in [0.717, 1.165) is 37.8 Å². The Bertz CT molecular complexity index is 429. The topological polar surface area (TPSA) is 46.1 Å². The van der Waals surface area contributed by atoms with Gasteiger partial charge >= 0.3 is 0 Å². The molecule has 1 aromatic carbocycles. The molecule has 0 aromatic heterocycles. The Morgan fingerprint density at radius 2 is 1.95 bits per heavy atom. The van der Waals surface area contributed by atoms with Gasteiger partial charge in [0.05, 0.1) is 6.54 Å². The summed E-state index contributed by atoms with van der Waals surface area (Å²) >= 11 is 5.83. The Morgan fingerprint density at radius 1 is 1.27 bits per heavy atom. The monoisotopic (exact) mass is 441 g/mol. The predicted octanol–water partition coefficient (Wildman–Crippen LogP) is 2.88. The number of hydrogen-bond acceptors (Lipinski definition) is 3. The summed E-state index contributed by atoms with van der Waals surface area (Å²) in [7, 11) is 5.46. The fraction of sp³-hybridized carbons (Fsp3) is 0.533. The third-order valence-electron chi connectivity index (χ3n) is 2.89. The molecule has 7 heteroatoms. The summed E-state index contributed by atoms with van der Waals surface area (Å²) in [5.74, 6) is 1.67. The second-order valence-electron chi connectivity index (χ2n) is 4.54. The highest BCUT2D eigenvalue weighted by Gasteiger charge is 2.05. The van der Waals surface area contributed by atoms with Gasteiger partial charge in [-0.05, 0) is 30.7 Å². The summed E-state index contributed by atoms with van der Waals surface area (Å²) < 4.78 is 10.7. The van der Waals surface area contributed by atoms with E-state index >= 15 is 0 Å². The molecule has 0 amide bonds. The van der Waals surface area contributed by atoms with Gasteiger partial charge in [-0.3, -0.25) is 4.99 Å². The zero-order valence-corrected chi connectivity index (χ0v) is 16.4. The smallest absolute Gasteiger partial charge is 0.193 e. The van der Waals surface area contributed by atoms with Crippen molar-refractivity contribution in [2.45, 2.75) is 6.42 Å². The minimum atomic E-state index is 0. The molecule has 0 saturated heterocycles. The van der Waals surface area contributed by atoms with Crippen LogP contribution < -0.4 is 10.1 Å². The fourth-order valence-corrected chi connectivity index (χ4v) is 1.86. The minimum absolute atomic E-state index is 0. The van der Waals surface area contributed by atoms with E-state index in [-0.39, 0.29) is 24.0 Å². The molecule has 0 fully saturated rings. The number of aliphatic imine (C=N–C) groups is 1. The van der Waals surface area contributed by atoms with Gasteiger partial charge in [-0.25, -0.2) is 0 Å². The average Bonchev–Trinajstić information content (AvgIpc) is 2.49. The minimum Gasteiger partial charge on any atom is -0.492 e. The molecule has 0 aliphatic carbocycles. The SMILES string of the molecule is CN=C(NCCCOC)N(C)CCOc1ccc(Cl)cc1.I. The van der Waals surface area contributed by atoms with Gasteiger partial charge in [-0.2, -0.15) is 0 Å². The third kappa shape index (κ3) is 8.65. The molecule has 0 bridgehead atoms. The highest BCUT2D eigenvalue weighted by molar-refractivity contribution is 14.0. The van der Waals surface area contributed by atoms with Crippen LogP contribution in [-0.2, 0) is 4.74 Å². The van der Waals surface area contributed by atoms with Crippen molar-refractivity contribution in [3.05, 3.63) is 29.3 Å². The number of benzene rings is 1. The van der Waals surface area contributed by atoms with Crippen molar-refractivity contribution >= 4 is 41.5 Å². The summed E-state index contributed by atoms with van der Waals surface area (Å²) in [5.41, 5.74) is 0. The van der Waals surface area contributed by atoms with E-state index in [0.29, 0.717) is 11.6 Å². The van der Waals surface area contributed by atoms with Crippen LogP contribution in [0.5, 0.6) is 5.75 Å². The highest BCUT2D eigenvalue weighted by atomic mass is 127. The van der Waals surface area contributed by atoms with Gasteiger partial charge in [0.25, 0.3) is 0 Å². The van der Waals surface area contributed by atoms with Gasteiger partial charge in [-0.1, -0.05) is 11.6 Å². The quantitative estimate of drug-likeness (QED) is 0.292. The number of hydrogen-bond donors (Lipinski definition) is 1. The molecule has 1 N–H and O–H groups in total. The lowest BCUT2D eigenvalue weighted by Gasteiger charge is -2.22. The fourth-order valence-electron chi connectivity index (χ4n) is 1.74. The van der Waals surface area contributed by atoms with Crippen LogP contribution in [0.15, 0.2) is 29.3 Å². The van der Waals surface area contributed by atoms with Crippen LogP contribution in [0, 0.1) is 0 Å². The summed E-state index contributed by atoms with van der Waals surface area (Å²) in [4.78, 5) is 6.27. The normalized spacial score (nSPS) is 10.8. The van der Waals surface area contributed by atoms with Gasteiger partial charge in [-0.15, -0.1) is 24.0 Å². The second kappa shape index (κ2) is 12.8. The first-order chi connectivity index (χ1) is 10.2. The van der Waals surface area contributed by atoms with Gasteiger partial charge in [0.15, 0.2) is 5.96 Å². The van der Waals surface area contributed by atoms with Gasteiger partial charge in [0.2, 0.25) is 0 Å². The Labute approximate surface area is 155 Å². The Kier molecular flexibility index (Phi) is 12.4. The molecule has 0 heterocycles. The van der Waals surface area contributed by atoms with E-state index in [1.807, 2.05) is 36.2 Å². The van der Waals surface area contributed by atoms with Crippen LogP contribution in [0.25, 0.3) is 0 Å². The lowest BCUT2D eigenvalue weighted by Crippen LogP contribution is -2.41. The molecule has 0 radical (unpaired) electrons. The number of nitrogens with one attached hydrogen (secondary N) is 1. The zero-order chi connectivity index (χ0) is 15.5. The zero-order valence-electron chi connectivity index (χ0n) is 13.3. The van der Waals surface area contributed by atoms with Gasteiger partial charge in [0, 0.05) is 39.4 Å². The van der Waals surface area contributed by atoms with Gasteiger partial charge in [0.1, 0.15) is 12.4 Å². The van der Waals surface area contributed by atoms with Crippen LogP contribution in [0.1, 0.15) is 6.42 Å². The third-order valence-corrected chi connectivity index (χ3v) is 3.14. The molecule has 0 aliphatic heterocycles. The molecule has 0 atom stereocenters. The van der Waals surface area contributed by atoms with Crippen molar-refractivity contribution in [3.63, 3.8) is 0 Å². The Hall–Kier alpha value is -0.730. The maximum atomic E-state index is 5.83. The van der Waals surface area contributed by atoms with Crippen molar-refractivity contribution in [1.82, 2.24) is 10.2 Å². The molecule has 0 unspecified atom stereocenters. The number of guanidine groups is 1. The van der Waals surface area contributed by atoms with E-state index < -0.39 is 0 Å². The highest BCUT2D eigenvalue weighted by Crippen LogP contribution is 2.15. The summed E-state index contributed by atoms with van der Waals surface area (Å²) in [5, 5.41) is 3.99. The van der Waals surface area contributed by atoms with E-state index in [1.54, 1.807) is 14.2 Å². The lowest BCUT2D eigenvalue weighted by atomic mass is 10.3. The number of rotatable bonds is 8. The number of likely N-dealkylation sites (N-methyl/N-ethyl adjacent to an activating group) is 1. The average molecular weight is 442 g/mol. The Morgan fingerprint density at radius 3 is 2.55 bits per heavy atom. The molecule has 0 aliphatic rings. The molecular weight excluding hydrogens is 417 g/mol. The maximum absolute atomic E-state index is 5.83. The lowest BCUT2D eigenvalue weighted by molar-refractivity contribution is 0.195. The predicted molar refractivity (Wildman–Crippen MR) is 103 cm³/mol. The molecule has 0 saturated carbocycles. The summed E-state index contributed by atoms with van der Waals surface area (Å²) in [6.45, 7) is 2.90. The van der Waals surface area contributed by atoms with E-state index in [2.05, 4.69) is 10.3 Å². The largest absolute Gasteiger partial charge is 0.492 e. The first-order valence-electron chi connectivity index (χ1n) is 6.96. The number of halogens is 2. The van der Waals surface area contributed by atoms with Crippen LogP contribution >= 0.6 is 35.6 Å². The first kappa shape index (κ1) is 21.3. The summed E-state index contributed by atoms with van der Waals surface area (Å²) in [6, 6.07) is 7.36. The first-order valence-corrected chi connectivity index (χ1v) is 7.34. The molecule has 126 valence electrons. The Balaban J connectivity index is 0.00000441. The van der Waals surface area contributed by atoms with Crippen molar-refractivity contribution in [2.24, 2.45) is 4.99 Å². The van der Waals surface area contributed by atoms with Crippen LogP contribution in [0.3, 0.4) is 0 Å². The van der Waals surface area contributed by atoms with E-state index in [1.165, 1.54) is 0 Å². The maximum Gasteiger partial charge on any atom is 0.193 e. The molecular formula is C15H25ClIN3O2. The van der Waals surface area contributed by atoms with Crippen molar-refractivity contribution in [2.75, 3.05) is 47.5 Å². The second-order valence-corrected chi connectivity index (χ2v) is 4.98. The van der Waals surface area contributed by atoms with Crippen LogP contribution in [0.4, 0.5) is 0 Å². The van der Waals surface area contributed by atoms with Crippen molar-refractivity contribution < 1.29 is 9.47 Å². The molecule has 1 aromatic rings. The molecule has 5 nitrogen and oxygen atoms in total. The van der Waals surface area contributed by atoms with E-state index in [4.69, 9.17) is 21.1 Å². The van der Waals surface area contributed by atoms with Gasteiger partial charge < -0.3 is 19.7 Å². The molecule has 1 rings (SSSR count). The van der Waals surface area contributed by atoms with Crippen molar-refractivity contribution in [3.8, 4) is 5.75 Å². The molecule has 0 spiro atoms. The number of methoxy groups -OCH3 is 1. The standard InChI is InChI=1S/C15H24ClN3O2.HI/c1-17-15(18-9-4-11-20-3)19(2)10-12-21-14-7-5-13(16)6-8-14;/h5-8H,4,9-12H2,1-3H3,(H,17,18);1H. The van der Waals surface area contributed by atoms with Crippen LogP contribution in [0.2, 0.25) is 5.02 Å². The summed E-state index contributed by atoms with van der Waals surface area (Å²) in [6.07, 6.45) is 0.949. The van der Waals surface area contributed by atoms with Crippen LogP contribution in [-0.4, -0.2) is 58.4 Å². The number of nitrogens with zero attached hydrogens (tertiary/aromatic N) is 2. The van der Waals surface area contributed by atoms with E-state index in [9.17, 15) is 0 Å². The van der Waals surface area contributed by atoms with Crippen molar-refractivity contribution in [1.29, 1.82) is 0 Å². The molecule has 22 heavy (non-hydrogen) atoms.